The van der Waals surface area contributed by atoms with Gasteiger partial charge in [0.15, 0.2) is 5.84 Å². The van der Waals surface area contributed by atoms with Crippen molar-refractivity contribution in [2.75, 3.05) is 7.05 Å². The maximum absolute atomic E-state index is 8.64. The van der Waals surface area contributed by atoms with E-state index in [-0.39, 0.29) is 11.9 Å². The van der Waals surface area contributed by atoms with E-state index in [1.54, 1.807) is 11.3 Å². The first-order valence-electron chi connectivity index (χ1n) is 9.42. The normalized spacial score (nSPS) is 12.1. The largest absolute Gasteiger partial charge is 0.357 e. The molecule has 0 aliphatic rings. The molecule has 4 heteroatoms. The fourth-order valence-electron chi connectivity index (χ4n) is 3.22. The van der Waals surface area contributed by atoms with Gasteiger partial charge in [-0.3, -0.25) is 5.41 Å². The van der Waals surface area contributed by atoms with Gasteiger partial charge in [-0.25, -0.2) is 4.99 Å². The summed E-state index contributed by atoms with van der Waals surface area (Å²) in [6.07, 6.45) is 0. The highest BCUT2D eigenvalue weighted by atomic mass is 32.1. The number of benzene rings is 3. The monoisotopic (exact) mass is 385 g/mol. The highest BCUT2D eigenvalue weighted by molar-refractivity contribution is 7.25. The lowest BCUT2D eigenvalue weighted by molar-refractivity contribution is 0.418. The molecule has 1 heterocycles. The summed E-state index contributed by atoms with van der Waals surface area (Å²) in [5.41, 5.74) is 1.86. The number of thiophene rings is 1. The molecule has 0 fully saturated rings. The maximum Gasteiger partial charge on any atom is 0.154 e. The van der Waals surface area contributed by atoms with E-state index in [1.807, 2.05) is 43.4 Å². The van der Waals surface area contributed by atoms with Crippen LogP contribution >= 0.6 is 11.3 Å². The van der Waals surface area contributed by atoms with Crippen LogP contribution in [0.4, 0.5) is 0 Å². The lowest BCUT2D eigenvalue weighted by Crippen LogP contribution is -2.34. The molecule has 0 atom stereocenters. The average molecular weight is 386 g/mol. The standard InChI is InChI=1S/C24H23N3S/c1-16(2)27(3)24(17-9-5-4-6-10-17)26-23(25)18-13-14-20-19-11-7-8-12-21(19)28-22(20)15-18/h4-16,25H,1-3H3. The van der Waals surface area contributed by atoms with E-state index >= 15 is 0 Å². The Kier molecular flexibility index (Phi) is 4.97. The fraction of sp³-hybridized carbons (Fsp3) is 0.167. The van der Waals surface area contributed by atoms with Crippen molar-refractivity contribution in [3.63, 3.8) is 0 Å². The van der Waals surface area contributed by atoms with Gasteiger partial charge >= 0.3 is 0 Å². The smallest absolute Gasteiger partial charge is 0.154 e. The Balaban J connectivity index is 1.76. The minimum Gasteiger partial charge on any atom is -0.357 e. The van der Waals surface area contributed by atoms with Gasteiger partial charge in [0.05, 0.1) is 0 Å². The van der Waals surface area contributed by atoms with Crippen molar-refractivity contribution in [3.8, 4) is 0 Å². The van der Waals surface area contributed by atoms with Crippen molar-refractivity contribution in [3.05, 3.63) is 83.9 Å². The van der Waals surface area contributed by atoms with Crippen LogP contribution in [0.1, 0.15) is 25.0 Å². The first-order valence-corrected chi connectivity index (χ1v) is 10.2. The van der Waals surface area contributed by atoms with Crippen LogP contribution in [0.3, 0.4) is 0 Å². The van der Waals surface area contributed by atoms with Crippen molar-refractivity contribution in [2.24, 2.45) is 4.99 Å². The summed E-state index contributed by atoms with van der Waals surface area (Å²) in [6, 6.07) is 25.0. The lowest BCUT2D eigenvalue weighted by atomic mass is 10.1. The Morgan fingerprint density at radius 3 is 2.29 bits per heavy atom. The van der Waals surface area contributed by atoms with E-state index < -0.39 is 0 Å². The number of hydrogen-bond donors (Lipinski definition) is 1. The van der Waals surface area contributed by atoms with Gasteiger partial charge in [-0.1, -0.05) is 60.7 Å². The van der Waals surface area contributed by atoms with Crippen LogP contribution in [-0.2, 0) is 0 Å². The summed E-state index contributed by atoms with van der Waals surface area (Å²) < 4.78 is 2.46. The Morgan fingerprint density at radius 2 is 1.54 bits per heavy atom. The molecule has 3 aromatic carbocycles. The second-order valence-electron chi connectivity index (χ2n) is 7.16. The zero-order valence-corrected chi connectivity index (χ0v) is 17.1. The summed E-state index contributed by atoms with van der Waals surface area (Å²) in [7, 11) is 2.03. The lowest BCUT2D eigenvalue weighted by Gasteiger charge is -2.25. The van der Waals surface area contributed by atoms with Gasteiger partial charge in [0.25, 0.3) is 0 Å². The number of hydrogen-bond acceptors (Lipinski definition) is 2. The van der Waals surface area contributed by atoms with Crippen molar-refractivity contribution >= 4 is 43.2 Å². The molecule has 0 aliphatic carbocycles. The highest BCUT2D eigenvalue weighted by Crippen LogP contribution is 2.34. The summed E-state index contributed by atoms with van der Waals surface area (Å²) in [6.45, 7) is 4.26. The van der Waals surface area contributed by atoms with E-state index in [2.05, 4.69) is 55.1 Å². The van der Waals surface area contributed by atoms with Gasteiger partial charge in [-0.05, 0) is 26.0 Å². The maximum atomic E-state index is 8.64. The summed E-state index contributed by atoms with van der Waals surface area (Å²) in [5, 5.41) is 11.2. The van der Waals surface area contributed by atoms with Gasteiger partial charge in [0.1, 0.15) is 5.84 Å². The van der Waals surface area contributed by atoms with Crippen LogP contribution in [0.15, 0.2) is 77.8 Å². The summed E-state index contributed by atoms with van der Waals surface area (Å²) in [5.74, 6) is 1.10. The first kappa shape index (κ1) is 18.4. The average Bonchev–Trinajstić information content (AvgIpc) is 3.09. The summed E-state index contributed by atoms with van der Waals surface area (Å²) >= 11 is 1.76. The SMILES string of the molecule is CC(C)N(C)C(=NC(=N)c1ccc2c(c1)sc1ccccc12)c1ccccc1. The predicted molar refractivity (Wildman–Crippen MR) is 122 cm³/mol. The molecule has 0 aliphatic heterocycles. The third kappa shape index (κ3) is 3.43. The molecular weight excluding hydrogens is 362 g/mol. The number of nitrogens with one attached hydrogen (secondary N) is 1. The van der Waals surface area contributed by atoms with E-state index in [9.17, 15) is 0 Å². The molecule has 0 radical (unpaired) electrons. The minimum absolute atomic E-state index is 0.283. The second kappa shape index (κ2) is 7.56. The Hall–Kier alpha value is -2.98. The molecule has 0 unspecified atom stereocenters. The third-order valence-corrected chi connectivity index (χ3v) is 6.14. The zero-order chi connectivity index (χ0) is 19.7. The molecule has 0 spiro atoms. The minimum atomic E-state index is 0.283. The molecule has 0 saturated carbocycles. The van der Waals surface area contributed by atoms with E-state index in [0.29, 0.717) is 0 Å². The molecule has 140 valence electrons. The van der Waals surface area contributed by atoms with Crippen LogP contribution < -0.4 is 0 Å². The molecule has 0 amide bonds. The molecule has 1 aromatic heterocycles. The molecule has 0 bridgehead atoms. The van der Waals surface area contributed by atoms with E-state index in [0.717, 1.165) is 17.0 Å². The summed E-state index contributed by atoms with van der Waals surface area (Å²) in [4.78, 5) is 6.84. The number of amidine groups is 2. The van der Waals surface area contributed by atoms with E-state index in [1.165, 1.54) is 20.2 Å². The third-order valence-electron chi connectivity index (χ3n) is 5.01. The Morgan fingerprint density at radius 1 is 0.857 bits per heavy atom. The van der Waals surface area contributed by atoms with Crippen molar-refractivity contribution in [2.45, 2.75) is 19.9 Å². The van der Waals surface area contributed by atoms with Crippen molar-refractivity contribution in [1.82, 2.24) is 4.90 Å². The van der Waals surface area contributed by atoms with Crippen LogP contribution in [0.25, 0.3) is 20.2 Å². The topological polar surface area (TPSA) is 39.5 Å². The fourth-order valence-corrected chi connectivity index (χ4v) is 4.37. The quantitative estimate of drug-likeness (QED) is 0.332. The Bertz CT molecular complexity index is 1170. The molecule has 4 rings (SSSR count). The van der Waals surface area contributed by atoms with Crippen LogP contribution in [-0.4, -0.2) is 29.7 Å². The van der Waals surface area contributed by atoms with Crippen molar-refractivity contribution < 1.29 is 0 Å². The van der Waals surface area contributed by atoms with Gasteiger partial charge < -0.3 is 4.90 Å². The van der Waals surface area contributed by atoms with Crippen molar-refractivity contribution in [1.29, 1.82) is 5.41 Å². The molecule has 4 aromatic rings. The van der Waals surface area contributed by atoms with Crippen LogP contribution in [0, 0.1) is 5.41 Å². The van der Waals surface area contributed by atoms with Gasteiger partial charge in [0.2, 0.25) is 0 Å². The van der Waals surface area contributed by atoms with Crippen LogP contribution in [0.2, 0.25) is 0 Å². The zero-order valence-electron chi connectivity index (χ0n) is 16.3. The second-order valence-corrected chi connectivity index (χ2v) is 8.25. The first-order chi connectivity index (χ1) is 13.5. The number of aliphatic imine (C=N–C) groups is 1. The number of rotatable bonds is 3. The predicted octanol–water partition coefficient (Wildman–Crippen LogP) is 6.17. The highest BCUT2D eigenvalue weighted by Gasteiger charge is 2.14. The van der Waals surface area contributed by atoms with Gasteiger partial charge in [-0.15, -0.1) is 11.3 Å². The van der Waals surface area contributed by atoms with Gasteiger partial charge in [-0.2, -0.15) is 0 Å². The number of nitrogens with zero attached hydrogens (tertiary/aromatic N) is 2. The molecule has 1 N–H and O–H groups in total. The number of fused-ring (bicyclic) bond motifs is 3. The van der Waals surface area contributed by atoms with E-state index in [4.69, 9.17) is 10.4 Å². The van der Waals surface area contributed by atoms with Gasteiger partial charge in [0, 0.05) is 44.4 Å². The molecule has 0 saturated heterocycles. The Labute approximate surface area is 169 Å². The molecule has 28 heavy (non-hydrogen) atoms. The van der Waals surface area contributed by atoms with Crippen LogP contribution in [0.5, 0.6) is 0 Å². The molecular formula is C24H23N3S. The molecule has 3 nitrogen and oxygen atoms in total.